The fourth-order valence-electron chi connectivity index (χ4n) is 1.42. The predicted octanol–water partition coefficient (Wildman–Crippen LogP) is 1.23. The van der Waals surface area contributed by atoms with E-state index in [0.29, 0.717) is 0 Å². The molecule has 0 aliphatic rings. The first-order chi connectivity index (χ1) is 7.47. The quantitative estimate of drug-likeness (QED) is 0.573. The molecule has 0 amide bonds. The average molecular weight is 248 g/mol. The Morgan fingerprint density at radius 3 is 1.94 bits per heavy atom. The van der Waals surface area contributed by atoms with Gasteiger partial charge in [0.2, 0.25) is 0 Å². The van der Waals surface area contributed by atoms with Gasteiger partial charge in [0.15, 0.2) is 0 Å². The van der Waals surface area contributed by atoms with Crippen LogP contribution in [0.15, 0.2) is 0 Å². The minimum Gasteiger partial charge on any atom is -0.398 e. The Kier molecular flexibility index (Phi) is 8.22. The second kappa shape index (κ2) is 8.19. The van der Waals surface area contributed by atoms with Crippen LogP contribution in [0.1, 0.15) is 6.92 Å². The molecule has 0 fully saturated rings. The van der Waals surface area contributed by atoms with Crippen molar-refractivity contribution < 1.29 is 8.85 Å². The van der Waals surface area contributed by atoms with E-state index in [1.807, 2.05) is 0 Å². The van der Waals surface area contributed by atoms with Crippen LogP contribution < -0.4 is 0 Å². The van der Waals surface area contributed by atoms with E-state index in [-0.39, 0.29) is 0 Å². The summed E-state index contributed by atoms with van der Waals surface area (Å²) >= 11 is 0. The molecule has 5 heteroatoms. The smallest absolute Gasteiger partial charge is 0.335 e. The van der Waals surface area contributed by atoms with Gasteiger partial charge < -0.3 is 18.7 Å². The van der Waals surface area contributed by atoms with Gasteiger partial charge in [0.05, 0.1) is 0 Å². The normalized spacial score (nSPS) is 12.8. The summed E-state index contributed by atoms with van der Waals surface area (Å²) in [6.07, 6.45) is 0. The first-order valence-electron chi connectivity index (χ1n) is 5.94. The fourth-order valence-corrected chi connectivity index (χ4v) is 2.72. The van der Waals surface area contributed by atoms with Crippen LogP contribution in [-0.4, -0.2) is 72.9 Å². The maximum absolute atomic E-state index is 5.49. The van der Waals surface area contributed by atoms with Crippen LogP contribution in [0.2, 0.25) is 12.6 Å². The molecule has 0 aromatic carbocycles. The van der Waals surface area contributed by atoms with Crippen molar-refractivity contribution in [3.63, 3.8) is 0 Å². The number of rotatable bonds is 9. The van der Waals surface area contributed by atoms with Crippen LogP contribution in [0.4, 0.5) is 0 Å². The first kappa shape index (κ1) is 16.1. The number of hydrogen-bond donors (Lipinski definition) is 0. The van der Waals surface area contributed by atoms with Crippen molar-refractivity contribution in [1.82, 2.24) is 9.80 Å². The van der Waals surface area contributed by atoms with Gasteiger partial charge in [-0.2, -0.15) is 0 Å². The average Bonchev–Trinajstić information content (AvgIpc) is 2.28. The van der Waals surface area contributed by atoms with Gasteiger partial charge in [-0.1, -0.05) is 6.92 Å². The van der Waals surface area contributed by atoms with Gasteiger partial charge in [0.25, 0.3) is 0 Å². The Labute approximate surface area is 102 Å². The molecule has 0 aliphatic carbocycles. The van der Waals surface area contributed by atoms with E-state index >= 15 is 0 Å². The lowest BCUT2D eigenvalue weighted by Gasteiger charge is -2.28. The Hall–Kier alpha value is 0.0569. The zero-order chi connectivity index (χ0) is 12.6. The third-order valence-electron chi connectivity index (χ3n) is 3.06. The molecule has 0 N–H and O–H groups in total. The Bertz CT molecular complexity index is 175. The Morgan fingerprint density at radius 2 is 1.56 bits per heavy atom. The molecule has 0 saturated heterocycles. The van der Waals surface area contributed by atoms with Crippen LogP contribution in [0, 0.1) is 0 Å². The van der Waals surface area contributed by atoms with Crippen molar-refractivity contribution in [2.45, 2.75) is 19.5 Å². The van der Waals surface area contributed by atoms with E-state index in [0.717, 1.165) is 32.2 Å². The lowest BCUT2D eigenvalue weighted by atomic mass is 10.4. The number of hydrogen-bond acceptors (Lipinski definition) is 4. The van der Waals surface area contributed by atoms with Crippen molar-refractivity contribution in [3.05, 3.63) is 0 Å². The molecular weight excluding hydrogens is 220 g/mol. The molecule has 16 heavy (non-hydrogen) atoms. The lowest BCUT2D eigenvalue weighted by Crippen LogP contribution is -2.41. The molecule has 0 unspecified atom stereocenters. The van der Waals surface area contributed by atoms with Gasteiger partial charge in [0.1, 0.15) is 0 Å². The summed E-state index contributed by atoms with van der Waals surface area (Å²) in [7, 11) is 5.84. The number of nitrogens with zero attached hydrogens (tertiary/aromatic N) is 2. The van der Waals surface area contributed by atoms with Gasteiger partial charge in [-0.25, -0.2) is 0 Å². The van der Waals surface area contributed by atoms with Gasteiger partial charge >= 0.3 is 8.56 Å². The standard InChI is InChI=1S/C11H28N2O2Si/c1-7-13(9-8-12(2)3)10-11-16(6,14-4)15-5/h7-11H2,1-6H3. The second-order valence-electron chi connectivity index (χ2n) is 4.53. The summed E-state index contributed by atoms with van der Waals surface area (Å²) in [6, 6.07) is 1.03. The minimum absolute atomic E-state index is 1.03. The third-order valence-corrected chi connectivity index (χ3v) is 5.92. The highest BCUT2D eigenvalue weighted by atomic mass is 28.4. The molecule has 0 rings (SSSR count). The summed E-state index contributed by atoms with van der Waals surface area (Å²) in [4.78, 5) is 4.66. The Morgan fingerprint density at radius 1 is 1.00 bits per heavy atom. The highest BCUT2D eigenvalue weighted by Crippen LogP contribution is 2.11. The van der Waals surface area contributed by atoms with Crippen LogP contribution in [0.3, 0.4) is 0 Å². The van der Waals surface area contributed by atoms with E-state index in [1.165, 1.54) is 0 Å². The molecule has 0 bridgehead atoms. The summed E-state index contributed by atoms with van der Waals surface area (Å²) in [6.45, 7) is 8.69. The maximum atomic E-state index is 5.49. The van der Waals surface area contributed by atoms with Crippen LogP contribution in [0.5, 0.6) is 0 Å². The molecule has 0 spiro atoms. The zero-order valence-corrected chi connectivity index (χ0v) is 12.7. The summed E-state index contributed by atoms with van der Waals surface area (Å²) in [5, 5.41) is 0. The third kappa shape index (κ3) is 6.60. The summed E-state index contributed by atoms with van der Waals surface area (Å²) in [5.74, 6) is 0. The van der Waals surface area contributed by atoms with Crippen LogP contribution in [-0.2, 0) is 8.85 Å². The molecular formula is C11H28N2O2Si. The molecule has 0 aromatic heterocycles. The van der Waals surface area contributed by atoms with E-state index in [2.05, 4.69) is 37.4 Å². The molecule has 0 heterocycles. The van der Waals surface area contributed by atoms with E-state index < -0.39 is 8.56 Å². The van der Waals surface area contributed by atoms with Crippen LogP contribution in [0.25, 0.3) is 0 Å². The molecule has 0 atom stereocenters. The van der Waals surface area contributed by atoms with Gasteiger partial charge in [-0.15, -0.1) is 0 Å². The summed E-state index contributed by atoms with van der Waals surface area (Å²) in [5.41, 5.74) is 0. The molecule has 98 valence electrons. The summed E-state index contributed by atoms with van der Waals surface area (Å²) < 4.78 is 11.0. The van der Waals surface area contributed by atoms with Crippen molar-refractivity contribution in [1.29, 1.82) is 0 Å². The molecule has 0 radical (unpaired) electrons. The maximum Gasteiger partial charge on any atom is 0.335 e. The Balaban J connectivity index is 3.94. The molecule has 0 aromatic rings. The highest BCUT2D eigenvalue weighted by molar-refractivity contribution is 6.66. The van der Waals surface area contributed by atoms with Gasteiger partial charge in [0, 0.05) is 39.9 Å². The minimum atomic E-state index is -1.89. The van der Waals surface area contributed by atoms with Crippen molar-refractivity contribution in [2.75, 3.05) is 54.5 Å². The molecule has 4 nitrogen and oxygen atoms in total. The lowest BCUT2D eigenvalue weighted by molar-refractivity contribution is 0.224. The first-order valence-corrected chi connectivity index (χ1v) is 8.47. The van der Waals surface area contributed by atoms with Crippen LogP contribution >= 0.6 is 0 Å². The monoisotopic (exact) mass is 248 g/mol. The predicted molar refractivity (Wildman–Crippen MR) is 71.1 cm³/mol. The zero-order valence-electron chi connectivity index (χ0n) is 11.7. The van der Waals surface area contributed by atoms with Crippen molar-refractivity contribution >= 4 is 8.56 Å². The van der Waals surface area contributed by atoms with E-state index in [9.17, 15) is 0 Å². The van der Waals surface area contributed by atoms with E-state index in [4.69, 9.17) is 8.85 Å². The van der Waals surface area contributed by atoms with Gasteiger partial charge in [-0.05, 0) is 27.2 Å². The second-order valence-corrected chi connectivity index (χ2v) is 8.11. The van der Waals surface area contributed by atoms with Gasteiger partial charge in [-0.3, -0.25) is 0 Å². The number of likely N-dealkylation sites (N-methyl/N-ethyl adjacent to an activating group) is 2. The molecule has 0 saturated carbocycles. The van der Waals surface area contributed by atoms with Crippen molar-refractivity contribution in [3.8, 4) is 0 Å². The fraction of sp³-hybridized carbons (Fsp3) is 1.00. The van der Waals surface area contributed by atoms with E-state index in [1.54, 1.807) is 14.2 Å². The molecule has 0 aliphatic heterocycles. The van der Waals surface area contributed by atoms with Crippen molar-refractivity contribution in [2.24, 2.45) is 0 Å². The SMILES string of the molecule is CCN(CCN(C)C)CC[Si](C)(OC)OC. The largest absolute Gasteiger partial charge is 0.398 e. The highest BCUT2D eigenvalue weighted by Gasteiger charge is 2.28. The topological polar surface area (TPSA) is 24.9 Å².